The summed E-state index contributed by atoms with van der Waals surface area (Å²) in [6.45, 7) is 8.47. The minimum Gasteiger partial charge on any atom is -0.343 e. The van der Waals surface area contributed by atoms with Crippen LogP contribution in [0.5, 0.6) is 0 Å². The molecule has 8 heteroatoms. The van der Waals surface area contributed by atoms with E-state index in [0.29, 0.717) is 25.2 Å². The Morgan fingerprint density at radius 1 is 1.38 bits per heavy atom. The fourth-order valence-corrected chi connectivity index (χ4v) is 3.50. The first-order chi connectivity index (χ1) is 12.4. The second-order valence-corrected chi connectivity index (χ2v) is 7.05. The molecule has 0 radical (unpaired) electrons. The minimum absolute atomic E-state index is 0.136. The maximum atomic E-state index is 12.6. The number of aryl methyl sites for hydroxylation is 2. The maximum absolute atomic E-state index is 12.6. The smallest absolute Gasteiger partial charge is 0.274 e. The summed E-state index contributed by atoms with van der Waals surface area (Å²) in [6.07, 6.45) is 0.509. The molecule has 0 aliphatic carbocycles. The first-order valence-electron chi connectivity index (χ1n) is 8.96. The number of H-pyrrole nitrogens is 1. The van der Waals surface area contributed by atoms with Gasteiger partial charge in [-0.25, -0.2) is 0 Å². The lowest BCUT2D eigenvalue weighted by atomic mass is 10.1. The van der Waals surface area contributed by atoms with Crippen molar-refractivity contribution in [2.45, 2.75) is 33.7 Å². The number of rotatable bonds is 6. The molecule has 3 heterocycles. The molecule has 8 nitrogen and oxygen atoms in total. The van der Waals surface area contributed by atoms with E-state index >= 15 is 0 Å². The summed E-state index contributed by atoms with van der Waals surface area (Å²) < 4.78 is 1.88. The maximum Gasteiger partial charge on any atom is 0.274 e. The van der Waals surface area contributed by atoms with E-state index in [0.717, 1.165) is 30.2 Å². The first-order valence-corrected chi connectivity index (χ1v) is 8.96. The highest BCUT2D eigenvalue weighted by Crippen LogP contribution is 2.19. The molecule has 3 rings (SSSR count). The van der Waals surface area contributed by atoms with Gasteiger partial charge >= 0.3 is 0 Å². The number of nitrogens with zero attached hydrogens (tertiary/aromatic N) is 5. The lowest BCUT2D eigenvalue weighted by Crippen LogP contribution is -2.33. The third kappa shape index (κ3) is 3.79. The van der Waals surface area contributed by atoms with Gasteiger partial charge in [0.1, 0.15) is 5.69 Å². The van der Waals surface area contributed by atoms with Crippen LogP contribution < -0.4 is 0 Å². The summed E-state index contributed by atoms with van der Waals surface area (Å²) in [7, 11) is 1.76. The average molecular weight is 358 g/mol. The van der Waals surface area contributed by atoms with Crippen LogP contribution in [0.1, 0.15) is 40.9 Å². The van der Waals surface area contributed by atoms with Crippen molar-refractivity contribution in [3.05, 3.63) is 34.9 Å². The molecule has 1 aliphatic heterocycles. The first kappa shape index (κ1) is 18.2. The van der Waals surface area contributed by atoms with Gasteiger partial charge in [-0.1, -0.05) is 0 Å². The van der Waals surface area contributed by atoms with Crippen molar-refractivity contribution in [2.75, 3.05) is 26.7 Å². The van der Waals surface area contributed by atoms with Crippen LogP contribution in [0.2, 0.25) is 0 Å². The van der Waals surface area contributed by atoms with Gasteiger partial charge < -0.3 is 9.80 Å². The van der Waals surface area contributed by atoms with Crippen molar-refractivity contribution in [3.8, 4) is 0 Å². The van der Waals surface area contributed by atoms with E-state index in [4.69, 9.17) is 0 Å². The lowest BCUT2D eigenvalue weighted by molar-refractivity contribution is -0.127. The molecule has 2 aromatic rings. The third-order valence-corrected chi connectivity index (χ3v) is 4.83. The van der Waals surface area contributed by atoms with Crippen LogP contribution in [0, 0.1) is 19.8 Å². The minimum atomic E-state index is -0.136. The molecular weight excluding hydrogens is 332 g/mol. The van der Waals surface area contributed by atoms with E-state index in [1.807, 2.05) is 36.4 Å². The molecule has 0 unspecified atom stereocenters. The predicted molar refractivity (Wildman–Crippen MR) is 96.7 cm³/mol. The number of amides is 2. The Balaban J connectivity index is 1.60. The van der Waals surface area contributed by atoms with Crippen LogP contribution in [-0.4, -0.2) is 68.3 Å². The molecule has 1 fully saturated rings. The second kappa shape index (κ2) is 7.31. The van der Waals surface area contributed by atoms with E-state index < -0.39 is 0 Å². The lowest BCUT2D eigenvalue weighted by Gasteiger charge is -2.20. The molecular formula is C18H26N6O2. The number of aromatic nitrogens is 4. The number of carbonyl (C=O) groups excluding carboxylic acids is 2. The quantitative estimate of drug-likeness (QED) is 0.841. The van der Waals surface area contributed by atoms with Gasteiger partial charge in [-0.2, -0.15) is 10.2 Å². The van der Waals surface area contributed by atoms with E-state index in [1.165, 1.54) is 0 Å². The highest BCUT2D eigenvalue weighted by Gasteiger charge is 2.30. The van der Waals surface area contributed by atoms with Crippen molar-refractivity contribution < 1.29 is 9.59 Å². The highest BCUT2D eigenvalue weighted by atomic mass is 16.2. The predicted octanol–water partition coefficient (Wildman–Crippen LogP) is 1.21. The Kier molecular flexibility index (Phi) is 5.11. The largest absolute Gasteiger partial charge is 0.343 e. The normalized spacial score (nSPS) is 17.2. The van der Waals surface area contributed by atoms with Crippen molar-refractivity contribution in [2.24, 2.45) is 5.92 Å². The van der Waals surface area contributed by atoms with Gasteiger partial charge in [0.2, 0.25) is 5.91 Å². The van der Waals surface area contributed by atoms with E-state index in [-0.39, 0.29) is 17.7 Å². The molecule has 0 saturated carbocycles. The zero-order chi connectivity index (χ0) is 18.8. The fourth-order valence-electron chi connectivity index (χ4n) is 3.50. The number of nitrogens with one attached hydrogen (secondary N) is 1. The van der Waals surface area contributed by atoms with Crippen LogP contribution in [0.4, 0.5) is 0 Å². The summed E-state index contributed by atoms with van der Waals surface area (Å²) >= 11 is 0. The van der Waals surface area contributed by atoms with Crippen molar-refractivity contribution >= 4 is 11.8 Å². The van der Waals surface area contributed by atoms with E-state index in [2.05, 4.69) is 15.3 Å². The van der Waals surface area contributed by atoms with Gasteiger partial charge in [0.25, 0.3) is 5.91 Å². The monoisotopic (exact) mass is 358 g/mol. The standard InChI is InChI=1S/C18H26N6O2/c1-5-23-10-14(7-17(23)25)9-22(4)18(26)16-8-15(19-20-16)11-24-13(3)6-12(2)21-24/h6,8,14H,5,7,9-11H2,1-4H3,(H,19,20)/t14-/m0/s1. The number of hydrogen-bond acceptors (Lipinski definition) is 4. The molecule has 140 valence electrons. The Morgan fingerprint density at radius 3 is 2.77 bits per heavy atom. The van der Waals surface area contributed by atoms with Crippen LogP contribution in [-0.2, 0) is 11.3 Å². The molecule has 1 aliphatic rings. The third-order valence-electron chi connectivity index (χ3n) is 4.83. The number of carbonyl (C=O) groups is 2. The van der Waals surface area contributed by atoms with Crippen LogP contribution >= 0.6 is 0 Å². The number of aromatic amines is 1. The van der Waals surface area contributed by atoms with Crippen molar-refractivity contribution in [1.29, 1.82) is 0 Å². The van der Waals surface area contributed by atoms with Crippen LogP contribution in [0.25, 0.3) is 0 Å². The molecule has 0 bridgehead atoms. The van der Waals surface area contributed by atoms with Crippen LogP contribution in [0.3, 0.4) is 0 Å². The van der Waals surface area contributed by atoms with E-state index in [9.17, 15) is 9.59 Å². The summed E-state index contributed by atoms with van der Waals surface area (Å²) in [5, 5.41) is 11.5. The Bertz CT molecular complexity index is 808. The van der Waals surface area contributed by atoms with Gasteiger partial charge in [-0.15, -0.1) is 0 Å². The molecule has 0 spiro atoms. The van der Waals surface area contributed by atoms with Gasteiger partial charge in [0.15, 0.2) is 0 Å². The van der Waals surface area contributed by atoms with Crippen molar-refractivity contribution in [1.82, 2.24) is 29.8 Å². The number of likely N-dealkylation sites (tertiary alicyclic amines) is 1. The molecule has 0 aromatic carbocycles. The zero-order valence-corrected chi connectivity index (χ0v) is 15.8. The van der Waals surface area contributed by atoms with Gasteiger partial charge in [0.05, 0.1) is 17.9 Å². The zero-order valence-electron chi connectivity index (χ0n) is 15.8. The molecule has 2 aromatic heterocycles. The molecule has 1 N–H and O–H groups in total. The second-order valence-electron chi connectivity index (χ2n) is 7.05. The topological polar surface area (TPSA) is 87.1 Å². The molecule has 26 heavy (non-hydrogen) atoms. The Labute approximate surface area is 153 Å². The fraction of sp³-hybridized carbons (Fsp3) is 0.556. The van der Waals surface area contributed by atoms with E-state index in [1.54, 1.807) is 18.0 Å². The molecule has 2 amide bonds. The molecule has 1 atom stereocenters. The summed E-state index contributed by atoms with van der Waals surface area (Å²) in [6, 6.07) is 3.78. The Morgan fingerprint density at radius 2 is 2.15 bits per heavy atom. The van der Waals surface area contributed by atoms with Crippen LogP contribution in [0.15, 0.2) is 12.1 Å². The van der Waals surface area contributed by atoms with Gasteiger partial charge in [-0.05, 0) is 32.9 Å². The number of hydrogen-bond donors (Lipinski definition) is 1. The summed E-state index contributed by atoms with van der Waals surface area (Å²) in [5.74, 6) is 0.220. The summed E-state index contributed by atoms with van der Waals surface area (Å²) in [4.78, 5) is 28.0. The van der Waals surface area contributed by atoms with Gasteiger partial charge in [-0.3, -0.25) is 19.4 Å². The SMILES string of the molecule is CCN1C[C@H](CN(C)C(=O)c2cc(Cn3nc(C)cc3C)[nH]n2)CC1=O. The van der Waals surface area contributed by atoms with Crippen molar-refractivity contribution in [3.63, 3.8) is 0 Å². The summed E-state index contributed by atoms with van der Waals surface area (Å²) in [5.41, 5.74) is 3.25. The molecule has 1 saturated heterocycles. The average Bonchev–Trinajstić information content (AvgIpc) is 3.27. The van der Waals surface area contributed by atoms with Gasteiger partial charge in [0, 0.05) is 44.7 Å². The Hall–Kier alpha value is -2.64. The highest BCUT2D eigenvalue weighted by molar-refractivity contribution is 5.92.